The summed E-state index contributed by atoms with van der Waals surface area (Å²) in [5.41, 5.74) is 0. The van der Waals surface area contributed by atoms with Crippen molar-refractivity contribution in [3.8, 4) is 0 Å². The number of unbranched alkanes of at least 4 members (excludes halogenated alkanes) is 10. The van der Waals surface area contributed by atoms with Gasteiger partial charge in [-0.1, -0.05) is 136 Å². The topological polar surface area (TPSA) is 113 Å². The molecule has 0 aromatic carbocycles. The Balaban J connectivity index is 2.82. The Kier molecular flexibility index (Phi) is 40.4. The molecule has 1 rings (SSSR count). The van der Waals surface area contributed by atoms with Gasteiger partial charge in [0.2, 0.25) is 0 Å². The highest BCUT2D eigenvalue weighted by Crippen LogP contribution is 2.25. The molecule has 0 bridgehead atoms. The largest absolute Gasteiger partial charge is 0.465 e. The van der Waals surface area contributed by atoms with Crippen molar-refractivity contribution in [1.82, 2.24) is 10.2 Å². The molecule has 1 aliphatic rings. The Labute approximate surface area is 387 Å². The number of carbonyl (C=O) groups is 3. The highest BCUT2D eigenvalue weighted by Gasteiger charge is 2.21. The Morgan fingerprint density at radius 2 is 1.06 bits per heavy atom. The molecule has 10 nitrogen and oxygen atoms in total. The molecule has 2 atom stereocenters. The molecule has 1 fully saturated rings. The third kappa shape index (κ3) is 36.5. The monoisotopic (exact) mass is 891 g/mol. The Morgan fingerprint density at radius 1 is 0.556 bits per heavy atom. The van der Waals surface area contributed by atoms with Gasteiger partial charge in [-0.05, 0) is 109 Å². The van der Waals surface area contributed by atoms with E-state index in [1.54, 1.807) is 0 Å². The van der Waals surface area contributed by atoms with Crippen LogP contribution >= 0.6 is 0 Å². The predicted molar refractivity (Wildman–Crippen MR) is 260 cm³/mol. The highest BCUT2D eigenvalue weighted by atomic mass is 16.7. The van der Waals surface area contributed by atoms with E-state index in [9.17, 15) is 14.4 Å². The summed E-state index contributed by atoms with van der Waals surface area (Å²) in [5, 5.41) is 2.91. The van der Waals surface area contributed by atoms with Gasteiger partial charge in [-0.15, -0.1) is 0 Å². The van der Waals surface area contributed by atoms with Crippen LogP contribution in [0.15, 0.2) is 24.3 Å². The Morgan fingerprint density at radius 3 is 1.60 bits per heavy atom. The summed E-state index contributed by atoms with van der Waals surface area (Å²) in [6, 6.07) is 0. The first-order valence-electron chi connectivity index (χ1n) is 26.4. The Bertz CT molecular complexity index is 1090. The number of hydrogen-bond acceptors (Lipinski definition) is 9. The summed E-state index contributed by atoms with van der Waals surface area (Å²) in [6.45, 7) is 16.1. The molecule has 63 heavy (non-hydrogen) atoms. The van der Waals surface area contributed by atoms with Crippen molar-refractivity contribution in [2.24, 2.45) is 11.8 Å². The number of ether oxygens (including phenoxy) is 5. The smallest absolute Gasteiger partial charge is 0.407 e. The molecular formula is C53H98N2O8. The van der Waals surface area contributed by atoms with E-state index in [0.29, 0.717) is 38.5 Å². The van der Waals surface area contributed by atoms with Crippen molar-refractivity contribution in [3.05, 3.63) is 24.3 Å². The fourth-order valence-electron chi connectivity index (χ4n) is 8.13. The molecule has 0 aliphatic carbocycles. The quantitative estimate of drug-likeness (QED) is 0.0210. The van der Waals surface area contributed by atoms with Crippen LogP contribution in [0.4, 0.5) is 4.79 Å². The van der Waals surface area contributed by atoms with Crippen molar-refractivity contribution >= 4 is 18.0 Å². The van der Waals surface area contributed by atoms with Crippen LogP contribution in [0, 0.1) is 11.8 Å². The van der Waals surface area contributed by atoms with E-state index in [2.05, 4.69) is 69.1 Å². The lowest BCUT2D eigenvalue weighted by atomic mass is 9.89. The van der Waals surface area contributed by atoms with Gasteiger partial charge in [0, 0.05) is 45.1 Å². The van der Waals surface area contributed by atoms with Gasteiger partial charge < -0.3 is 33.9 Å². The molecule has 2 unspecified atom stereocenters. The van der Waals surface area contributed by atoms with Crippen LogP contribution in [0.2, 0.25) is 0 Å². The van der Waals surface area contributed by atoms with E-state index in [4.69, 9.17) is 23.7 Å². The van der Waals surface area contributed by atoms with Crippen LogP contribution in [0.3, 0.4) is 0 Å². The Hall–Kier alpha value is -2.43. The molecule has 1 heterocycles. The fraction of sp³-hybridized carbons (Fsp3) is 0.868. The maximum absolute atomic E-state index is 13.2. The van der Waals surface area contributed by atoms with E-state index >= 15 is 0 Å². The van der Waals surface area contributed by atoms with Crippen molar-refractivity contribution in [3.63, 3.8) is 0 Å². The van der Waals surface area contributed by atoms with Crippen molar-refractivity contribution in [1.29, 1.82) is 0 Å². The van der Waals surface area contributed by atoms with Gasteiger partial charge in [-0.2, -0.15) is 0 Å². The summed E-state index contributed by atoms with van der Waals surface area (Å²) in [4.78, 5) is 41.5. The second kappa shape index (κ2) is 43.5. The van der Waals surface area contributed by atoms with Crippen LogP contribution in [0.25, 0.3) is 0 Å². The first-order chi connectivity index (χ1) is 30.8. The number of esters is 2. The van der Waals surface area contributed by atoms with Gasteiger partial charge in [-0.3, -0.25) is 9.59 Å². The third-order valence-electron chi connectivity index (χ3n) is 12.1. The van der Waals surface area contributed by atoms with Gasteiger partial charge in [0.1, 0.15) is 6.10 Å². The number of allylic oxidation sites excluding steroid dienone is 4. The second-order valence-corrected chi connectivity index (χ2v) is 18.0. The molecule has 0 saturated carbocycles. The summed E-state index contributed by atoms with van der Waals surface area (Å²) < 4.78 is 29.9. The van der Waals surface area contributed by atoms with E-state index in [-0.39, 0.29) is 50.0 Å². The summed E-state index contributed by atoms with van der Waals surface area (Å²) >= 11 is 0. The molecular weight excluding hydrogens is 793 g/mol. The van der Waals surface area contributed by atoms with Gasteiger partial charge in [0.05, 0.1) is 19.6 Å². The molecule has 0 spiro atoms. The zero-order valence-corrected chi connectivity index (χ0v) is 41.5. The minimum atomic E-state index is -0.445. The number of nitrogens with one attached hydrogen (secondary N) is 1. The van der Waals surface area contributed by atoms with Crippen LogP contribution in [-0.4, -0.2) is 87.9 Å². The number of alkyl carbamates (subject to hydrolysis) is 1. The van der Waals surface area contributed by atoms with E-state index in [1.165, 1.54) is 64.2 Å². The first kappa shape index (κ1) is 58.6. The van der Waals surface area contributed by atoms with Gasteiger partial charge in [-0.25, -0.2) is 4.79 Å². The van der Waals surface area contributed by atoms with Crippen LogP contribution in [0.1, 0.15) is 221 Å². The van der Waals surface area contributed by atoms with E-state index in [0.717, 1.165) is 116 Å². The lowest BCUT2D eigenvalue weighted by Crippen LogP contribution is -2.35. The average molecular weight is 891 g/mol. The summed E-state index contributed by atoms with van der Waals surface area (Å²) in [7, 11) is 0. The molecule has 368 valence electrons. The SMILES string of the molecule is CC/C=C\CCCCOC(CCC(=O)OCC(CCCC(CCCCC)CCCCC)COC(=O)CCC(CCCCC)OC(=O)NCCN1CCCC1)OCCCC/C=C\CC. The van der Waals surface area contributed by atoms with Crippen molar-refractivity contribution in [2.75, 3.05) is 52.6 Å². The zero-order valence-electron chi connectivity index (χ0n) is 41.5. The minimum Gasteiger partial charge on any atom is -0.465 e. The summed E-state index contributed by atoms with van der Waals surface area (Å²) in [5.74, 6) is 0.0329. The molecule has 0 aromatic rings. The zero-order chi connectivity index (χ0) is 45.9. The van der Waals surface area contributed by atoms with Gasteiger partial charge in [0.15, 0.2) is 6.29 Å². The predicted octanol–water partition coefficient (Wildman–Crippen LogP) is 13.6. The number of carbonyl (C=O) groups excluding carboxylic acids is 3. The number of nitrogens with zero attached hydrogens (tertiary/aromatic N) is 1. The van der Waals surface area contributed by atoms with Crippen molar-refractivity contribution < 1.29 is 38.1 Å². The first-order valence-corrected chi connectivity index (χ1v) is 26.4. The van der Waals surface area contributed by atoms with Crippen LogP contribution < -0.4 is 5.32 Å². The highest BCUT2D eigenvalue weighted by molar-refractivity contribution is 5.70. The molecule has 1 N–H and O–H groups in total. The molecule has 10 heteroatoms. The number of amides is 1. The maximum Gasteiger partial charge on any atom is 0.407 e. The number of rotatable bonds is 44. The van der Waals surface area contributed by atoms with Crippen LogP contribution in [0.5, 0.6) is 0 Å². The van der Waals surface area contributed by atoms with E-state index in [1.807, 2.05) is 0 Å². The molecule has 1 aliphatic heterocycles. The summed E-state index contributed by atoms with van der Waals surface area (Å²) in [6.07, 6.45) is 36.4. The lowest BCUT2D eigenvalue weighted by molar-refractivity contribution is -0.161. The maximum atomic E-state index is 13.2. The molecule has 0 aromatic heterocycles. The third-order valence-corrected chi connectivity index (χ3v) is 12.1. The molecule has 0 radical (unpaired) electrons. The average Bonchev–Trinajstić information content (AvgIpc) is 3.80. The minimum absolute atomic E-state index is 0.0883. The molecule has 1 saturated heterocycles. The molecule has 1 amide bonds. The fourth-order valence-corrected chi connectivity index (χ4v) is 8.13. The normalized spacial score (nSPS) is 14.3. The standard InChI is InChI=1S/C53H98N2O8/c1-6-11-16-18-20-27-43-59-52(60-44-28-21-19-17-12-7-2)38-37-51(57)62-46-48(33-29-32-47(30-22-13-8-3)31-23-14-9-4)45-61-50(56)36-35-49(34-24-15-10-5)63-53(58)54-39-42-55-40-25-26-41-55/h11-12,16-17,47-49,52H,6-10,13-15,18-46H2,1-5H3,(H,54,58)/b16-11-,17-12-. The number of likely N-dealkylation sites (tertiary alicyclic amines) is 1. The van der Waals surface area contributed by atoms with Gasteiger partial charge >= 0.3 is 18.0 Å². The van der Waals surface area contributed by atoms with E-state index < -0.39 is 12.4 Å². The van der Waals surface area contributed by atoms with Crippen LogP contribution in [-0.2, 0) is 33.3 Å². The van der Waals surface area contributed by atoms with Crippen molar-refractivity contribution in [2.45, 2.75) is 233 Å². The van der Waals surface area contributed by atoms with Gasteiger partial charge in [0.25, 0.3) is 0 Å². The number of hydrogen-bond donors (Lipinski definition) is 1. The second-order valence-electron chi connectivity index (χ2n) is 18.0. The lowest BCUT2D eigenvalue weighted by Gasteiger charge is -2.21.